The quantitative estimate of drug-likeness (QED) is 0.162. The van der Waals surface area contributed by atoms with Crippen molar-refractivity contribution in [2.45, 2.75) is 52.1 Å². The van der Waals surface area contributed by atoms with Crippen LogP contribution in [0, 0.1) is 5.41 Å². The van der Waals surface area contributed by atoms with Crippen LogP contribution < -0.4 is 34.1 Å². The molecule has 1 N–H and O–H groups in total. The first-order valence-corrected chi connectivity index (χ1v) is 18.6. The van der Waals surface area contributed by atoms with Crippen LogP contribution in [0.25, 0.3) is 0 Å². The van der Waals surface area contributed by atoms with E-state index in [2.05, 4.69) is 10.3 Å². The molecule has 4 aliphatic rings. The molecule has 4 aromatic carbocycles. The van der Waals surface area contributed by atoms with Gasteiger partial charge in [0, 0.05) is 60.9 Å². The van der Waals surface area contributed by atoms with Crippen molar-refractivity contribution in [1.29, 1.82) is 0 Å². The summed E-state index contributed by atoms with van der Waals surface area (Å²) < 4.78 is 28.9. The summed E-state index contributed by atoms with van der Waals surface area (Å²) in [7, 11) is 3.07. The monoisotopic (exact) mass is 757 g/mol. The van der Waals surface area contributed by atoms with Crippen molar-refractivity contribution >= 4 is 58.8 Å². The van der Waals surface area contributed by atoms with Gasteiger partial charge in [-0.25, -0.2) is 4.79 Å². The Kier molecular flexibility index (Phi) is 9.61. The van der Waals surface area contributed by atoms with Crippen LogP contribution in [0.3, 0.4) is 0 Å². The molecule has 13 nitrogen and oxygen atoms in total. The molecule has 8 rings (SSSR count). The van der Waals surface area contributed by atoms with E-state index in [9.17, 15) is 14.4 Å². The van der Waals surface area contributed by atoms with Crippen LogP contribution in [0.2, 0.25) is 0 Å². The number of fused-ring (bicyclic) bond motifs is 8. The molecule has 2 atom stereocenters. The molecule has 56 heavy (non-hydrogen) atoms. The van der Waals surface area contributed by atoms with Gasteiger partial charge in [0.05, 0.1) is 68.6 Å². The lowest BCUT2D eigenvalue weighted by Crippen LogP contribution is -2.37. The number of para-hydroxylation sites is 1. The van der Waals surface area contributed by atoms with Crippen LogP contribution in [-0.2, 0) is 17.6 Å². The van der Waals surface area contributed by atoms with Gasteiger partial charge in [0.2, 0.25) is 0 Å². The molecule has 0 radical (unpaired) electrons. The molecule has 13 heteroatoms. The second-order valence-corrected chi connectivity index (χ2v) is 15.3. The Balaban J connectivity index is 0.907. The SMILES string of the molecule is COc1cc2c(cc1OCCCOc1cc3c(cc1OC)C(=O)N1c4ccc(NC(=O)OCC(C)(C)C)cc4C[C@H]1C=N3)N=C[C@@H]1Cc3ccccc3N1C2=O. The molecule has 0 saturated heterocycles. The van der Waals surface area contributed by atoms with Gasteiger partial charge in [-0.05, 0) is 52.9 Å². The summed E-state index contributed by atoms with van der Waals surface area (Å²) in [5.74, 6) is 1.42. The lowest BCUT2D eigenvalue weighted by atomic mass is 9.99. The number of ether oxygens (including phenoxy) is 5. The van der Waals surface area contributed by atoms with Gasteiger partial charge < -0.3 is 23.7 Å². The van der Waals surface area contributed by atoms with E-state index in [0.717, 1.165) is 22.5 Å². The van der Waals surface area contributed by atoms with Crippen LogP contribution in [0.4, 0.5) is 33.2 Å². The maximum Gasteiger partial charge on any atom is 0.411 e. The van der Waals surface area contributed by atoms with E-state index in [1.807, 2.05) is 63.4 Å². The van der Waals surface area contributed by atoms with Crippen LogP contribution in [0.15, 0.2) is 76.7 Å². The average molecular weight is 758 g/mol. The second-order valence-electron chi connectivity index (χ2n) is 15.3. The molecular formula is C43H43N5O8. The molecule has 288 valence electrons. The Labute approximate surface area is 324 Å². The van der Waals surface area contributed by atoms with E-state index in [0.29, 0.717) is 77.1 Å². The molecule has 0 aromatic heterocycles. The van der Waals surface area contributed by atoms with Gasteiger partial charge in [-0.15, -0.1) is 0 Å². The molecule has 0 aliphatic carbocycles. The minimum atomic E-state index is -0.525. The van der Waals surface area contributed by atoms with Crippen molar-refractivity contribution < 1.29 is 38.1 Å². The topological polar surface area (TPSA) is 141 Å². The Morgan fingerprint density at radius 1 is 0.732 bits per heavy atom. The van der Waals surface area contributed by atoms with Crippen molar-refractivity contribution in [3.63, 3.8) is 0 Å². The highest BCUT2D eigenvalue weighted by Gasteiger charge is 2.38. The van der Waals surface area contributed by atoms with Crippen molar-refractivity contribution in [2.75, 3.05) is 49.2 Å². The van der Waals surface area contributed by atoms with Crippen LogP contribution in [0.5, 0.6) is 23.0 Å². The van der Waals surface area contributed by atoms with E-state index in [1.165, 1.54) is 7.11 Å². The third kappa shape index (κ3) is 7.00. The highest BCUT2D eigenvalue weighted by molar-refractivity contribution is 6.16. The number of carbonyl (C=O) groups is 3. The zero-order valence-corrected chi connectivity index (χ0v) is 32.0. The van der Waals surface area contributed by atoms with E-state index in [1.54, 1.807) is 53.5 Å². The highest BCUT2D eigenvalue weighted by Crippen LogP contribution is 2.43. The fourth-order valence-corrected chi connectivity index (χ4v) is 7.38. The number of hydrogen-bond acceptors (Lipinski definition) is 10. The minimum absolute atomic E-state index is 0.129. The van der Waals surface area contributed by atoms with Gasteiger partial charge in [0.15, 0.2) is 23.0 Å². The maximum atomic E-state index is 14.0. The maximum absolute atomic E-state index is 14.0. The number of carbonyl (C=O) groups excluding carboxylic acids is 3. The average Bonchev–Trinajstić information content (AvgIpc) is 3.67. The number of anilines is 3. The van der Waals surface area contributed by atoms with Crippen molar-refractivity contribution in [1.82, 2.24) is 0 Å². The molecule has 0 spiro atoms. The summed E-state index contributed by atoms with van der Waals surface area (Å²) in [5, 5.41) is 2.79. The number of nitrogens with zero attached hydrogens (tertiary/aromatic N) is 4. The first-order valence-electron chi connectivity index (χ1n) is 18.6. The van der Waals surface area contributed by atoms with Gasteiger partial charge in [-0.2, -0.15) is 0 Å². The molecule has 4 aromatic rings. The zero-order chi connectivity index (χ0) is 39.1. The molecule has 0 unspecified atom stereocenters. The van der Waals surface area contributed by atoms with Crippen LogP contribution in [-0.4, -0.2) is 76.5 Å². The standard InChI is InChI=1S/C43H43N5O8/c1-43(2,3)24-56-42(51)46-27-11-12-35-26(15-27)17-29-23-45-33-21-39(37(53-5)19-31(33)41(50)48(29)35)55-14-8-13-54-38-20-32-30(18-36(38)52-4)40(49)47-28(22-44-32)16-25-9-6-7-10-34(25)47/h6-7,9-12,15,18-23,28-29H,8,13-14,16-17,24H2,1-5H3,(H,46,51)/t28-,29-/m0/s1. The lowest BCUT2D eigenvalue weighted by Gasteiger charge is -2.22. The first kappa shape index (κ1) is 36.6. The van der Waals surface area contributed by atoms with Gasteiger partial charge in [-0.3, -0.25) is 34.7 Å². The third-order valence-electron chi connectivity index (χ3n) is 10.0. The summed E-state index contributed by atoms with van der Waals surface area (Å²) in [4.78, 5) is 53.0. The largest absolute Gasteiger partial charge is 0.493 e. The van der Waals surface area contributed by atoms with Gasteiger partial charge in [-0.1, -0.05) is 39.0 Å². The molecular weight excluding hydrogens is 714 g/mol. The number of methoxy groups -OCH3 is 2. The van der Waals surface area contributed by atoms with Crippen molar-refractivity contribution in [3.8, 4) is 23.0 Å². The molecule has 0 bridgehead atoms. The Bertz CT molecular complexity index is 2300. The van der Waals surface area contributed by atoms with Crippen molar-refractivity contribution in [2.24, 2.45) is 15.4 Å². The lowest BCUT2D eigenvalue weighted by molar-refractivity contribution is 0.0978. The van der Waals surface area contributed by atoms with Gasteiger partial charge in [0.1, 0.15) is 0 Å². The predicted octanol–water partition coefficient (Wildman–Crippen LogP) is 7.72. The van der Waals surface area contributed by atoms with Gasteiger partial charge >= 0.3 is 6.09 Å². The van der Waals surface area contributed by atoms with Gasteiger partial charge in [0.25, 0.3) is 11.8 Å². The summed E-state index contributed by atoms with van der Waals surface area (Å²) in [6, 6.07) is 19.7. The number of hydrogen-bond donors (Lipinski definition) is 1. The molecule has 0 saturated carbocycles. The van der Waals surface area contributed by atoms with E-state index < -0.39 is 6.09 Å². The molecule has 4 aliphatic heterocycles. The smallest absolute Gasteiger partial charge is 0.411 e. The second kappa shape index (κ2) is 14.7. The van der Waals surface area contributed by atoms with Crippen LogP contribution in [0.1, 0.15) is 59.0 Å². The number of rotatable bonds is 10. The molecule has 0 fully saturated rings. The fraction of sp³-hybridized carbons (Fsp3) is 0.326. The zero-order valence-electron chi connectivity index (χ0n) is 32.0. The Morgan fingerprint density at radius 2 is 1.29 bits per heavy atom. The van der Waals surface area contributed by atoms with E-state index >= 15 is 0 Å². The van der Waals surface area contributed by atoms with E-state index in [4.69, 9.17) is 28.7 Å². The summed E-state index contributed by atoms with van der Waals surface area (Å²) in [5.41, 5.74) is 5.97. The Morgan fingerprint density at radius 3 is 1.86 bits per heavy atom. The molecule has 3 amide bonds. The predicted molar refractivity (Wildman–Crippen MR) is 214 cm³/mol. The molecule has 4 heterocycles. The number of aliphatic imine (C=N–C) groups is 2. The summed E-state index contributed by atoms with van der Waals surface area (Å²) >= 11 is 0. The normalized spacial score (nSPS) is 17.4. The third-order valence-corrected chi connectivity index (χ3v) is 10.0. The number of nitrogens with one attached hydrogen (secondary N) is 1. The van der Waals surface area contributed by atoms with Crippen LogP contribution >= 0.6 is 0 Å². The van der Waals surface area contributed by atoms with Crippen molar-refractivity contribution in [3.05, 3.63) is 89.0 Å². The highest BCUT2D eigenvalue weighted by atomic mass is 16.5. The van der Waals surface area contributed by atoms with E-state index in [-0.39, 0.29) is 42.5 Å². The number of amides is 3. The summed E-state index contributed by atoms with van der Waals surface area (Å²) in [6.45, 7) is 6.85. The minimum Gasteiger partial charge on any atom is -0.493 e. The Hall–Kier alpha value is -6.37. The summed E-state index contributed by atoms with van der Waals surface area (Å²) in [6.07, 6.45) is 4.83. The first-order chi connectivity index (χ1) is 27.0. The number of benzene rings is 4. The fourth-order valence-electron chi connectivity index (χ4n) is 7.38.